The largest absolute Gasteiger partial charge is 0.480 e. The molecule has 1 aromatic rings. The summed E-state index contributed by atoms with van der Waals surface area (Å²) in [5.74, 6) is 0.899. The molecule has 0 aliphatic carbocycles. The molecule has 1 aromatic heterocycles. The predicted octanol–water partition coefficient (Wildman–Crippen LogP) is 2.31. The molecule has 0 fully saturated rings. The smallest absolute Gasteiger partial charge is 0.178 e. The molecule has 3 nitrogen and oxygen atoms in total. The first kappa shape index (κ1) is 11.1. The Labute approximate surface area is 95.8 Å². The zero-order chi connectivity index (χ0) is 11.9. The molecule has 2 rings (SSSR count). The van der Waals surface area contributed by atoms with Gasteiger partial charge in [-0.15, -0.1) is 0 Å². The molecule has 0 radical (unpaired) electrons. The number of aryl methyl sites for hydroxylation is 1. The minimum absolute atomic E-state index is 0.142. The van der Waals surface area contributed by atoms with Crippen LogP contribution in [-0.2, 0) is 11.2 Å². The van der Waals surface area contributed by atoms with Crippen LogP contribution in [0, 0.1) is 12.3 Å². The summed E-state index contributed by atoms with van der Waals surface area (Å²) in [6, 6.07) is 3.80. The van der Waals surface area contributed by atoms with Crippen molar-refractivity contribution in [2.24, 2.45) is 5.41 Å². The molecule has 1 aliphatic rings. The Kier molecular flexibility index (Phi) is 2.49. The van der Waals surface area contributed by atoms with Gasteiger partial charge in [-0.3, -0.25) is 9.78 Å². The van der Waals surface area contributed by atoms with Crippen molar-refractivity contribution in [1.82, 2.24) is 4.98 Å². The Balaban J connectivity index is 2.20. The summed E-state index contributed by atoms with van der Waals surface area (Å²) in [5.41, 5.74) is 1.51. The SMILES string of the molecule is Cc1ccc2c(n1)CC(C(=O)C(C)(C)C)O2. The van der Waals surface area contributed by atoms with Gasteiger partial charge in [0.05, 0.1) is 5.69 Å². The Hall–Kier alpha value is -1.38. The van der Waals surface area contributed by atoms with Crippen LogP contribution in [0.3, 0.4) is 0 Å². The van der Waals surface area contributed by atoms with Crippen molar-refractivity contribution in [3.05, 3.63) is 23.5 Å². The number of hydrogen-bond acceptors (Lipinski definition) is 3. The van der Waals surface area contributed by atoms with Gasteiger partial charge in [0.2, 0.25) is 0 Å². The molecule has 0 bridgehead atoms. The molecule has 0 saturated heterocycles. The van der Waals surface area contributed by atoms with Gasteiger partial charge in [0.15, 0.2) is 11.9 Å². The van der Waals surface area contributed by atoms with Gasteiger partial charge in [-0.1, -0.05) is 20.8 Å². The molecule has 0 spiro atoms. The van der Waals surface area contributed by atoms with E-state index in [1.54, 1.807) is 0 Å². The first-order valence-corrected chi connectivity index (χ1v) is 5.55. The Morgan fingerprint density at radius 2 is 2.12 bits per heavy atom. The summed E-state index contributed by atoms with van der Waals surface area (Å²) in [6.07, 6.45) is 0.247. The maximum Gasteiger partial charge on any atom is 0.178 e. The van der Waals surface area contributed by atoms with Gasteiger partial charge < -0.3 is 4.74 Å². The second-order valence-electron chi connectivity index (χ2n) is 5.32. The molecule has 0 N–H and O–H groups in total. The minimum atomic E-state index is -0.359. The van der Waals surface area contributed by atoms with E-state index in [2.05, 4.69) is 4.98 Å². The van der Waals surface area contributed by atoms with E-state index in [1.807, 2.05) is 39.8 Å². The third kappa shape index (κ3) is 1.94. The first-order valence-electron chi connectivity index (χ1n) is 5.55. The highest BCUT2D eigenvalue weighted by atomic mass is 16.5. The van der Waals surface area contributed by atoms with Gasteiger partial charge in [-0.2, -0.15) is 0 Å². The minimum Gasteiger partial charge on any atom is -0.480 e. The van der Waals surface area contributed by atoms with Crippen LogP contribution in [0.15, 0.2) is 12.1 Å². The number of Topliss-reactive ketones (excluding diaryl/α,β-unsaturated/α-hetero) is 1. The third-order valence-electron chi connectivity index (χ3n) is 2.75. The molecule has 0 amide bonds. The topological polar surface area (TPSA) is 39.2 Å². The number of hydrogen-bond donors (Lipinski definition) is 0. The number of fused-ring (bicyclic) bond motifs is 1. The number of carbonyl (C=O) groups is 1. The highest BCUT2D eigenvalue weighted by Gasteiger charge is 2.36. The van der Waals surface area contributed by atoms with Crippen LogP contribution in [0.4, 0.5) is 0 Å². The zero-order valence-electron chi connectivity index (χ0n) is 10.2. The fraction of sp³-hybridized carbons (Fsp3) is 0.538. The van der Waals surface area contributed by atoms with E-state index in [0.29, 0.717) is 6.42 Å². The maximum absolute atomic E-state index is 12.1. The van der Waals surface area contributed by atoms with E-state index in [-0.39, 0.29) is 17.3 Å². The van der Waals surface area contributed by atoms with Crippen molar-refractivity contribution >= 4 is 5.78 Å². The van der Waals surface area contributed by atoms with E-state index >= 15 is 0 Å². The lowest BCUT2D eigenvalue weighted by Crippen LogP contribution is -2.35. The Morgan fingerprint density at radius 1 is 1.44 bits per heavy atom. The second-order valence-corrected chi connectivity index (χ2v) is 5.32. The molecule has 1 atom stereocenters. The summed E-state index contributed by atoms with van der Waals surface area (Å²) >= 11 is 0. The van der Waals surface area contributed by atoms with Crippen molar-refractivity contribution in [2.75, 3.05) is 0 Å². The number of pyridine rings is 1. The summed E-state index contributed by atoms with van der Waals surface area (Å²) in [5, 5.41) is 0. The van der Waals surface area contributed by atoms with Gasteiger partial charge in [-0.25, -0.2) is 0 Å². The number of ketones is 1. The quantitative estimate of drug-likeness (QED) is 0.727. The van der Waals surface area contributed by atoms with Gasteiger partial charge in [0.1, 0.15) is 5.75 Å². The van der Waals surface area contributed by atoms with Crippen molar-refractivity contribution in [1.29, 1.82) is 0 Å². The Morgan fingerprint density at radius 3 is 2.75 bits per heavy atom. The zero-order valence-corrected chi connectivity index (χ0v) is 10.2. The van der Waals surface area contributed by atoms with Gasteiger partial charge >= 0.3 is 0 Å². The summed E-state index contributed by atoms with van der Waals surface area (Å²) < 4.78 is 5.64. The molecule has 1 unspecified atom stereocenters. The maximum atomic E-state index is 12.1. The van der Waals surface area contributed by atoms with Crippen LogP contribution in [0.2, 0.25) is 0 Å². The standard InChI is InChI=1S/C13H17NO2/c1-8-5-6-10-9(14-8)7-11(16-10)12(15)13(2,3)4/h5-6,11H,7H2,1-4H3. The number of nitrogens with zero attached hydrogens (tertiary/aromatic N) is 1. The van der Waals surface area contributed by atoms with E-state index in [0.717, 1.165) is 17.1 Å². The second kappa shape index (κ2) is 3.58. The number of aromatic nitrogens is 1. The number of ether oxygens (including phenoxy) is 1. The summed E-state index contributed by atoms with van der Waals surface area (Å²) in [7, 11) is 0. The van der Waals surface area contributed by atoms with Crippen molar-refractivity contribution in [3.8, 4) is 5.75 Å². The van der Waals surface area contributed by atoms with E-state index < -0.39 is 0 Å². The summed E-state index contributed by atoms with van der Waals surface area (Å²) in [6.45, 7) is 7.69. The summed E-state index contributed by atoms with van der Waals surface area (Å²) in [4.78, 5) is 16.5. The lowest BCUT2D eigenvalue weighted by molar-refractivity contribution is -0.132. The average Bonchev–Trinajstić information content (AvgIpc) is 2.57. The lowest BCUT2D eigenvalue weighted by Gasteiger charge is -2.20. The lowest BCUT2D eigenvalue weighted by atomic mass is 9.87. The molecule has 1 aliphatic heterocycles. The third-order valence-corrected chi connectivity index (χ3v) is 2.75. The van der Waals surface area contributed by atoms with Crippen LogP contribution in [0.5, 0.6) is 5.75 Å². The van der Waals surface area contributed by atoms with Gasteiger partial charge in [0, 0.05) is 17.5 Å². The molecule has 86 valence electrons. The number of rotatable bonds is 1. The van der Waals surface area contributed by atoms with E-state index in [1.165, 1.54) is 0 Å². The molecular formula is C13H17NO2. The van der Waals surface area contributed by atoms with Crippen LogP contribution >= 0.6 is 0 Å². The fourth-order valence-corrected chi connectivity index (χ4v) is 1.85. The molecule has 0 saturated carbocycles. The normalized spacial score (nSPS) is 19.1. The van der Waals surface area contributed by atoms with Gasteiger partial charge in [-0.05, 0) is 19.1 Å². The van der Waals surface area contributed by atoms with Crippen LogP contribution in [0.25, 0.3) is 0 Å². The average molecular weight is 219 g/mol. The fourth-order valence-electron chi connectivity index (χ4n) is 1.85. The molecular weight excluding hydrogens is 202 g/mol. The van der Waals surface area contributed by atoms with Crippen LogP contribution in [0.1, 0.15) is 32.2 Å². The van der Waals surface area contributed by atoms with Crippen LogP contribution < -0.4 is 4.74 Å². The first-order chi connectivity index (χ1) is 7.38. The highest BCUT2D eigenvalue weighted by molar-refractivity contribution is 5.89. The van der Waals surface area contributed by atoms with E-state index in [9.17, 15) is 4.79 Å². The Bertz CT molecular complexity index is 432. The monoisotopic (exact) mass is 219 g/mol. The van der Waals surface area contributed by atoms with Crippen molar-refractivity contribution in [2.45, 2.75) is 40.2 Å². The molecule has 16 heavy (non-hydrogen) atoms. The molecule has 0 aromatic carbocycles. The van der Waals surface area contributed by atoms with E-state index in [4.69, 9.17) is 4.74 Å². The van der Waals surface area contributed by atoms with Crippen molar-refractivity contribution in [3.63, 3.8) is 0 Å². The predicted molar refractivity (Wildman–Crippen MR) is 61.6 cm³/mol. The molecule has 2 heterocycles. The van der Waals surface area contributed by atoms with Crippen molar-refractivity contribution < 1.29 is 9.53 Å². The number of carbonyl (C=O) groups excluding carboxylic acids is 1. The van der Waals surface area contributed by atoms with Crippen LogP contribution in [-0.4, -0.2) is 16.9 Å². The molecule has 3 heteroatoms. The highest BCUT2D eigenvalue weighted by Crippen LogP contribution is 2.31. The van der Waals surface area contributed by atoms with Gasteiger partial charge in [0.25, 0.3) is 0 Å².